The zero-order valence-corrected chi connectivity index (χ0v) is 28.8. The maximum atomic E-state index is 6.92. The summed E-state index contributed by atoms with van der Waals surface area (Å²) in [6.45, 7) is 0. The number of hydrogen-bond donors (Lipinski definition) is 0. The van der Waals surface area contributed by atoms with Crippen LogP contribution in [0, 0.1) is 0 Å². The van der Waals surface area contributed by atoms with Crippen molar-refractivity contribution in [2.24, 2.45) is 0 Å². The van der Waals surface area contributed by atoms with Gasteiger partial charge in [0.2, 0.25) is 0 Å². The normalized spacial score (nSPS) is 18.5. The zero-order chi connectivity index (χ0) is 32.8. The van der Waals surface area contributed by atoms with Gasteiger partial charge in [-0.2, -0.15) is 0 Å². The number of rotatable bonds is 0. The highest BCUT2D eigenvalue weighted by molar-refractivity contribution is 7.43. The summed E-state index contributed by atoms with van der Waals surface area (Å²) in [7, 11) is -3.69. The lowest BCUT2D eigenvalue weighted by Crippen LogP contribution is -2.16. The summed E-state index contributed by atoms with van der Waals surface area (Å²) < 4.78 is 41.2. The largest absolute Gasteiger partial charge is 0.530 e. The van der Waals surface area contributed by atoms with E-state index in [1.807, 2.05) is 0 Å². The third-order valence-electron chi connectivity index (χ3n) is 10.3. The predicted molar refractivity (Wildman–Crippen MR) is 193 cm³/mol. The van der Waals surface area contributed by atoms with Gasteiger partial charge in [0.1, 0.15) is 34.5 Å². The fourth-order valence-electron chi connectivity index (χ4n) is 7.99. The summed E-state index contributed by atoms with van der Waals surface area (Å²) in [5.41, 5.74) is 13.1. The van der Waals surface area contributed by atoms with Crippen LogP contribution >= 0.6 is 17.2 Å². The minimum atomic E-state index is -1.85. The van der Waals surface area contributed by atoms with Gasteiger partial charge in [0.15, 0.2) is 0 Å². The minimum absolute atomic E-state index is 0.585. The first-order valence-electron chi connectivity index (χ1n) is 17.0. The molecule has 5 aliphatic heterocycles. The van der Waals surface area contributed by atoms with Crippen molar-refractivity contribution in [1.29, 1.82) is 0 Å². The minimum Gasteiger partial charge on any atom is -0.408 e. The van der Waals surface area contributed by atoms with E-state index in [0.717, 1.165) is 101 Å². The highest BCUT2D eigenvalue weighted by Crippen LogP contribution is 2.55. The summed E-state index contributed by atoms with van der Waals surface area (Å²) in [4.78, 5) is 0. The average molecular weight is 693 g/mol. The van der Waals surface area contributed by atoms with Crippen LogP contribution in [0.3, 0.4) is 0 Å². The molecule has 0 atom stereocenters. The second-order valence-corrected chi connectivity index (χ2v) is 15.5. The molecule has 0 fully saturated rings. The molecule has 6 aromatic rings. The van der Waals surface area contributed by atoms with Gasteiger partial charge in [-0.3, -0.25) is 0 Å². The van der Waals surface area contributed by atoms with Gasteiger partial charge in [-0.25, -0.2) is 0 Å². The fraction of sp³-hybridized carbons (Fsp3) is 0.143. The van der Waals surface area contributed by atoms with Gasteiger partial charge < -0.3 is 27.1 Å². The highest BCUT2D eigenvalue weighted by Gasteiger charge is 2.36. The van der Waals surface area contributed by atoms with Crippen LogP contribution in [0.4, 0.5) is 0 Å². The van der Waals surface area contributed by atoms with Crippen molar-refractivity contribution in [3.05, 3.63) is 176 Å². The standard InChI is InChI=1S/C42H30O6P2/c1-7-25-19-33-15-5-16-34-21-27-9-3-13-31-24-32-14-4-10-28-22-36-18-6-17-35-20-26-8-2-12-30(38(26)44-50(46-40(28)32)48-42(35)36)23-29(11-1)37(25)43-49(45-39(27)31)47-41(33)34/h1-18H,19-24H2. The van der Waals surface area contributed by atoms with Gasteiger partial charge >= 0.3 is 17.2 Å². The Balaban J connectivity index is 1.19. The third-order valence-corrected chi connectivity index (χ3v) is 12.3. The zero-order valence-electron chi connectivity index (χ0n) is 27.0. The van der Waals surface area contributed by atoms with E-state index in [1.54, 1.807) is 0 Å². The molecule has 0 amide bonds. The van der Waals surface area contributed by atoms with E-state index in [4.69, 9.17) is 27.1 Å². The van der Waals surface area contributed by atoms with Crippen molar-refractivity contribution in [3.8, 4) is 34.5 Å². The molecule has 5 heterocycles. The molecule has 8 bridgehead atoms. The molecule has 0 N–H and O–H groups in total. The van der Waals surface area contributed by atoms with E-state index in [0.29, 0.717) is 38.5 Å². The van der Waals surface area contributed by atoms with E-state index < -0.39 is 17.2 Å². The lowest BCUT2D eigenvalue weighted by atomic mass is 9.91. The van der Waals surface area contributed by atoms with Crippen molar-refractivity contribution < 1.29 is 27.1 Å². The molecule has 6 nitrogen and oxygen atoms in total. The highest BCUT2D eigenvalue weighted by atomic mass is 31.2. The smallest absolute Gasteiger partial charge is 0.408 e. The van der Waals surface area contributed by atoms with Gasteiger partial charge in [0, 0.05) is 38.5 Å². The predicted octanol–water partition coefficient (Wildman–Crippen LogP) is 10.3. The SMILES string of the molecule is c1cc2c3c(c1)Cc1cccc4c1OP(O3)Oc1c(cccc1Cc1cccc3c1OP1Oc5c(cccc5Cc5cccc(c5O1)C4)C3)C2. The lowest BCUT2D eigenvalue weighted by Gasteiger charge is -2.31. The molecular weight excluding hydrogens is 662 g/mol. The van der Waals surface area contributed by atoms with Crippen LogP contribution < -0.4 is 27.1 Å². The average Bonchev–Trinajstić information content (AvgIpc) is 3.08. The van der Waals surface area contributed by atoms with Crippen LogP contribution in [0.1, 0.15) is 66.8 Å². The lowest BCUT2D eigenvalue weighted by molar-refractivity contribution is 0.369. The maximum Gasteiger partial charge on any atom is 0.530 e. The molecular formula is C42H30O6P2. The van der Waals surface area contributed by atoms with Gasteiger partial charge in [-0.1, -0.05) is 109 Å². The third kappa shape index (κ3) is 4.70. The quantitative estimate of drug-likeness (QED) is 0.148. The Morgan fingerprint density at radius 1 is 0.240 bits per heavy atom. The van der Waals surface area contributed by atoms with Gasteiger partial charge in [-0.05, 0) is 66.8 Å². The summed E-state index contributed by atoms with van der Waals surface area (Å²) in [5, 5.41) is 0. The number of para-hydroxylation sites is 6. The molecule has 0 saturated carbocycles. The Morgan fingerprint density at radius 2 is 0.380 bits per heavy atom. The Morgan fingerprint density at radius 3 is 0.520 bits per heavy atom. The van der Waals surface area contributed by atoms with Crippen LogP contribution in [0.2, 0.25) is 0 Å². The van der Waals surface area contributed by atoms with E-state index in [2.05, 4.69) is 109 Å². The molecule has 244 valence electrons. The van der Waals surface area contributed by atoms with E-state index in [1.165, 1.54) is 0 Å². The second-order valence-electron chi connectivity index (χ2n) is 13.5. The van der Waals surface area contributed by atoms with Crippen LogP contribution in [0.15, 0.2) is 109 Å². The van der Waals surface area contributed by atoms with Crippen molar-refractivity contribution >= 4 is 17.2 Å². The summed E-state index contributed by atoms with van der Waals surface area (Å²) in [5.74, 6) is 4.95. The van der Waals surface area contributed by atoms with Crippen LogP contribution in [-0.4, -0.2) is 0 Å². The Hall–Kier alpha value is -5.02. The van der Waals surface area contributed by atoms with Gasteiger partial charge in [-0.15, -0.1) is 0 Å². The van der Waals surface area contributed by atoms with E-state index in [-0.39, 0.29) is 0 Å². The fourth-order valence-corrected chi connectivity index (χ4v) is 10.5. The summed E-state index contributed by atoms with van der Waals surface area (Å²) in [6.07, 6.45) is 3.94. The Labute approximate surface area is 292 Å². The molecule has 0 unspecified atom stereocenters. The van der Waals surface area contributed by atoms with Crippen LogP contribution in [-0.2, 0) is 38.5 Å². The topological polar surface area (TPSA) is 55.4 Å². The van der Waals surface area contributed by atoms with Crippen molar-refractivity contribution in [2.45, 2.75) is 38.5 Å². The number of benzene rings is 6. The molecule has 5 aliphatic rings. The first-order valence-corrected chi connectivity index (χ1v) is 19.2. The monoisotopic (exact) mass is 692 g/mol. The van der Waals surface area contributed by atoms with Crippen LogP contribution in [0.25, 0.3) is 0 Å². The molecule has 0 radical (unpaired) electrons. The van der Waals surface area contributed by atoms with E-state index in [9.17, 15) is 0 Å². The molecule has 50 heavy (non-hydrogen) atoms. The van der Waals surface area contributed by atoms with Crippen molar-refractivity contribution in [2.75, 3.05) is 0 Å². The second kappa shape index (κ2) is 11.3. The molecule has 11 rings (SSSR count). The summed E-state index contributed by atoms with van der Waals surface area (Å²) >= 11 is 0. The van der Waals surface area contributed by atoms with Gasteiger partial charge in [0.05, 0.1) is 0 Å². The molecule has 0 aromatic heterocycles. The van der Waals surface area contributed by atoms with Crippen LogP contribution in [0.5, 0.6) is 34.5 Å². The molecule has 6 aromatic carbocycles. The number of hydrogen-bond acceptors (Lipinski definition) is 6. The molecule has 0 aliphatic carbocycles. The molecule has 0 spiro atoms. The Kier molecular flexibility index (Phi) is 6.48. The van der Waals surface area contributed by atoms with Crippen molar-refractivity contribution in [1.82, 2.24) is 0 Å². The first kappa shape index (κ1) is 28.8. The molecule has 8 heteroatoms. The molecule has 0 saturated heterocycles. The summed E-state index contributed by atoms with van der Waals surface area (Å²) in [6, 6.07) is 38.6. The first-order chi connectivity index (χ1) is 24.7. The Bertz CT molecular complexity index is 2070. The van der Waals surface area contributed by atoms with Gasteiger partial charge in [0.25, 0.3) is 0 Å². The van der Waals surface area contributed by atoms with Crippen molar-refractivity contribution in [3.63, 3.8) is 0 Å². The van der Waals surface area contributed by atoms with E-state index >= 15 is 0 Å². The maximum absolute atomic E-state index is 6.92.